The molecule has 0 aliphatic carbocycles. The van der Waals surface area contributed by atoms with E-state index in [2.05, 4.69) is 9.62 Å². The van der Waals surface area contributed by atoms with Crippen LogP contribution in [0.2, 0.25) is 15.1 Å². The number of hydrogen-bond acceptors (Lipinski definition) is 5. The molecule has 3 aromatic rings. The van der Waals surface area contributed by atoms with Gasteiger partial charge in [-0.1, -0.05) is 46.9 Å². The summed E-state index contributed by atoms with van der Waals surface area (Å²) < 4.78 is 34.6. The van der Waals surface area contributed by atoms with Crippen LogP contribution in [0.5, 0.6) is 5.75 Å². The first-order valence-electron chi connectivity index (χ1n) is 9.44. The van der Waals surface area contributed by atoms with Crippen LogP contribution in [-0.4, -0.2) is 39.6 Å². The number of rotatable bonds is 6. The van der Waals surface area contributed by atoms with E-state index in [1.54, 1.807) is 36.4 Å². The molecule has 1 saturated heterocycles. The average molecular weight is 518 g/mol. The van der Waals surface area contributed by atoms with E-state index in [9.17, 15) is 8.42 Å². The summed E-state index contributed by atoms with van der Waals surface area (Å²) in [6, 6.07) is 13.4. The lowest BCUT2D eigenvalue weighted by molar-refractivity contribution is 0.208. The van der Waals surface area contributed by atoms with Gasteiger partial charge < -0.3 is 9.64 Å². The molecule has 1 atom stereocenters. The van der Waals surface area contributed by atoms with Gasteiger partial charge in [-0.2, -0.15) is 0 Å². The molecule has 0 spiro atoms. The second kappa shape index (κ2) is 9.17. The fourth-order valence-electron chi connectivity index (χ4n) is 3.34. The average Bonchev–Trinajstić information content (AvgIpc) is 3.30. The molecule has 0 amide bonds. The molecule has 0 radical (unpaired) electrons. The van der Waals surface area contributed by atoms with Crippen molar-refractivity contribution in [3.63, 3.8) is 0 Å². The number of halogens is 3. The number of ether oxygens (including phenoxy) is 1. The van der Waals surface area contributed by atoms with E-state index in [4.69, 9.17) is 39.5 Å². The molecular formula is C21H19Cl3N2O3S2. The van der Waals surface area contributed by atoms with Crippen LogP contribution in [-0.2, 0) is 10.0 Å². The Hall–Kier alpha value is -1.48. The normalized spacial score (nSPS) is 17.1. The van der Waals surface area contributed by atoms with E-state index >= 15 is 0 Å². The van der Waals surface area contributed by atoms with Gasteiger partial charge in [0.2, 0.25) is 0 Å². The molecule has 1 aliphatic rings. The zero-order valence-corrected chi connectivity index (χ0v) is 20.3. The number of likely N-dealkylation sites (tertiary alicyclic amines) is 1. The Bertz CT molecular complexity index is 1210. The highest BCUT2D eigenvalue weighted by atomic mass is 35.5. The van der Waals surface area contributed by atoms with E-state index in [1.807, 2.05) is 13.1 Å². The van der Waals surface area contributed by atoms with Gasteiger partial charge in [-0.05, 0) is 49.4 Å². The minimum Gasteiger partial charge on any atom is -0.487 e. The first-order valence-corrected chi connectivity index (χ1v) is 12.9. The van der Waals surface area contributed by atoms with Crippen molar-refractivity contribution < 1.29 is 13.2 Å². The predicted octanol–water partition coefficient (Wildman–Crippen LogP) is 6.26. The van der Waals surface area contributed by atoms with Gasteiger partial charge in [-0.25, -0.2) is 8.42 Å². The smallest absolute Gasteiger partial charge is 0.271 e. The zero-order valence-electron chi connectivity index (χ0n) is 16.4. The quantitative estimate of drug-likeness (QED) is 0.419. The molecule has 4 rings (SSSR count). The molecule has 1 aromatic heterocycles. The van der Waals surface area contributed by atoms with Crippen LogP contribution >= 0.6 is 46.1 Å². The summed E-state index contributed by atoms with van der Waals surface area (Å²) in [5.41, 5.74) is 1.12. The Kier molecular flexibility index (Phi) is 6.72. The monoisotopic (exact) mass is 516 g/mol. The zero-order chi connectivity index (χ0) is 22.2. The summed E-state index contributed by atoms with van der Waals surface area (Å²) in [7, 11) is -1.83. The van der Waals surface area contributed by atoms with Crippen molar-refractivity contribution in [3.05, 3.63) is 63.6 Å². The van der Waals surface area contributed by atoms with Gasteiger partial charge >= 0.3 is 0 Å². The van der Waals surface area contributed by atoms with E-state index in [0.29, 0.717) is 31.4 Å². The number of sulfonamides is 1. The summed E-state index contributed by atoms with van der Waals surface area (Å²) in [5, 5.41) is 1.32. The Morgan fingerprint density at radius 2 is 1.90 bits per heavy atom. The van der Waals surface area contributed by atoms with Crippen LogP contribution in [0.4, 0.5) is 5.69 Å². The van der Waals surface area contributed by atoms with Crippen LogP contribution in [0, 0.1) is 0 Å². The number of nitrogens with one attached hydrogen (secondary N) is 1. The van der Waals surface area contributed by atoms with E-state index in [0.717, 1.165) is 36.4 Å². The molecule has 1 N–H and O–H groups in total. The van der Waals surface area contributed by atoms with Gasteiger partial charge in [-0.3, -0.25) is 4.72 Å². The molecule has 2 aromatic carbocycles. The summed E-state index contributed by atoms with van der Waals surface area (Å²) in [6.45, 7) is 1.75. The van der Waals surface area contributed by atoms with Crippen LogP contribution < -0.4 is 9.46 Å². The number of likely N-dealkylation sites (N-methyl/N-ethyl adjacent to an activating group) is 1. The van der Waals surface area contributed by atoms with Crippen molar-refractivity contribution in [3.8, 4) is 16.2 Å². The van der Waals surface area contributed by atoms with Gasteiger partial charge in [0.15, 0.2) is 0 Å². The molecule has 2 heterocycles. The van der Waals surface area contributed by atoms with Crippen LogP contribution in [0.1, 0.15) is 6.42 Å². The fourth-order valence-corrected chi connectivity index (χ4v) is 6.56. The Morgan fingerprint density at radius 1 is 1.10 bits per heavy atom. The summed E-state index contributed by atoms with van der Waals surface area (Å²) in [4.78, 5) is 2.80. The molecule has 0 unspecified atom stereocenters. The standard InChI is InChI=1S/C21H19Cl3N2O3S2/c1-26-8-7-16(12-26)29-19-10-15(5-6-17(19)23)25-31(27,28)20-11-18(24)21(30-20)13-3-2-4-14(22)9-13/h2-6,9-11,16,25H,7-8,12H2,1H3/t16-/m1/s1. The third kappa shape index (κ3) is 5.30. The Morgan fingerprint density at radius 3 is 2.61 bits per heavy atom. The first kappa shape index (κ1) is 22.7. The van der Waals surface area contributed by atoms with E-state index in [1.165, 1.54) is 6.07 Å². The topological polar surface area (TPSA) is 58.6 Å². The van der Waals surface area contributed by atoms with E-state index in [-0.39, 0.29) is 10.3 Å². The van der Waals surface area contributed by atoms with Crippen LogP contribution in [0.25, 0.3) is 10.4 Å². The summed E-state index contributed by atoms with van der Waals surface area (Å²) >= 11 is 19.7. The molecule has 0 bridgehead atoms. The molecule has 164 valence electrons. The van der Waals surface area contributed by atoms with Crippen molar-refractivity contribution >= 4 is 61.9 Å². The molecule has 31 heavy (non-hydrogen) atoms. The highest BCUT2D eigenvalue weighted by Gasteiger charge is 2.24. The first-order chi connectivity index (χ1) is 14.7. The van der Waals surface area contributed by atoms with Gasteiger partial charge in [0, 0.05) is 24.2 Å². The number of nitrogens with zero attached hydrogens (tertiary/aromatic N) is 1. The SMILES string of the molecule is CN1CC[C@@H](Oc2cc(NS(=O)(=O)c3cc(Cl)c(-c4cccc(Cl)c4)s3)ccc2Cl)C1. The van der Waals surface area contributed by atoms with Gasteiger partial charge in [-0.15, -0.1) is 11.3 Å². The highest BCUT2D eigenvalue weighted by Crippen LogP contribution is 2.40. The highest BCUT2D eigenvalue weighted by molar-refractivity contribution is 7.94. The van der Waals surface area contributed by atoms with Crippen molar-refractivity contribution in [2.24, 2.45) is 0 Å². The molecule has 10 heteroatoms. The molecule has 1 fully saturated rings. The maximum absolute atomic E-state index is 13.0. The molecular weight excluding hydrogens is 499 g/mol. The van der Waals surface area contributed by atoms with Gasteiger partial charge in [0.1, 0.15) is 16.1 Å². The molecule has 0 saturated carbocycles. The number of benzene rings is 2. The lowest BCUT2D eigenvalue weighted by Gasteiger charge is -2.16. The second-order valence-electron chi connectivity index (χ2n) is 7.29. The second-order valence-corrected chi connectivity index (χ2v) is 11.5. The lowest BCUT2D eigenvalue weighted by Crippen LogP contribution is -2.21. The number of thiophene rings is 1. The Labute approximate surface area is 200 Å². The minimum absolute atomic E-state index is 0.0192. The van der Waals surface area contributed by atoms with Gasteiger partial charge in [0.05, 0.1) is 20.6 Å². The maximum Gasteiger partial charge on any atom is 0.271 e. The van der Waals surface area contributed by atoms with Crippen molar-refractivity contribution in [2.45, 2.75) is 16.7 Å². The van der Waals surface area contributed by atoms with Crippen molar-refractivity contribution in [2.75, 3.05) is 24.9 Å². The van der Waals surface area contributed by atoms with E-state index < -0.39 is 10.0 Å². The predicted molar refractivity (Wildman–Crippen MR) is 129 cm³/mol. The third-order valence-corrected chi connectivity index (χ3v) is 8.84. The maximum atomic E-state index is 13.0. The minimum atomic E-state index is -3.85. The van der Waals surface area contributed by atoms with Crippen LogP contribution in [0.15, 0.2) is 52.7 Å². The lowest BCUT2D eigenvalue weighted by atomic mass is 10.2. The number of anilines is 1. The van der Waals surface area contributed by atoms with Crippen LogP contribution in [0.3, 0.4) is 0 Å². The number of hydrogen-bond donors (Lipinski definition) is 1. The van der Waals surface area contributed by atoms with Crippen molar-refractivity contribution in [1.82, 2.24) is 4.90 Å². The van der Waals surface area contributed by atoms with Crippen molar-refractivity contribution in [1.29, 1.82) is 0 Å². The molecule has 1 aliphatic heterocycles. The summed E-state index contributed by atoms with van der Waals surface area (Å²) in [6.07, 6.45) is 0.911. The third-order valence-electron chi connectivity index (χ3n) is 4.84. The van der Waals surface area contributed by atoms with Gasteiger partial charge in [0.25, 0.3) is 10.0 Å². The fraction of sp³-hybridized carbons (Fsp3) is 0.238. The molecule has 5 nitrogen and oxygen atoms in total. The Balaban J connectivity index is 1.57. The largest absolute Gasteiger partial charge is 0.487 e. The summed E-state index contributed by atoms with van der Waals surface area (Å²) in [5.74, 6) is 0.450.